The lowest BCUT2D eigenvalue weighted by molar-refractivity contribution is -0.384. The summed E-state index contributed by atoms with van der Waals surface area (Å²) >= 11 is 0. The summed E-state index contributed by atoms with van der Waals surface area (Å²) in [6.45, 7) is 8.21. The maximum absolute atomic E-state index is 12.4. The number of carbonyl (C=O) groups excluding carboxylic acids is 2. The van der Waals surface area contributed by atoms with Crippen LogP contribution in [0.4, 0.5) is 10.5 Å². The van der Waals surface area contributed by atoms with Crippen molar-refractivity contribution < 1.29 is 28.7 Å². The van der Waals surface area contributed by atoms with E-state index >= 15 is 0 Å². The van der Waals surface area contributed by atoms with E-state index in [1.807, 2.05) is 0 Å². The van der Waals surface area contributed by atoms with Gasteiger partial charge < -0.3 is 19.5 Å². The van der Waals surface area contributed by atoms with Gasteiger partial charge in [-0.15, -0.1) is 0 Å². The molecule has 1 aliphatic heterocycles. The number of amides is 1. The van der Waals surface area contributed by atoms with Crippen molar-refractivity contribution in [2.45, 2.75) is 109 Å². The van der Waals surface area contributed by atoms with Crippen molar-refractivity contribution in [1.29, 1.82) is 0 Å². The van der Waals surface area contributed by atoms with Crippen LogP contribution in [0.15, 0.2) is 60.2 Å². The highest BCUT2D eigenvalue weighted by Gasteiger charge is 2.51. The molecular weight excluding hydrogens is 536 g/mol. The lowest BCUT2D eigenvalue weighted by atomic mass is 9.82. The molecule has 1 heterocycles. The van der Waals surface area contributed by atoms with Gasteiger partial charge in [0, 0.05) is 24.3 Å². The molecule has 9 heteroatoms. The van der Waals surface area contributed by atoms with Crippen LogP contribution < -0.4 is 10.1 Å². The van der Waals surface area contributed by atoms with E-state index in [0.29, 0.717) is 11.3 Å². The second-order valence-corrected chi connectivity index (χ2v) is 12.9. The molecule has 0 unspecified atom stereocenters. The van der Waals surface area contributed by atoms with E-state index in [2.05, 4.69) is 44.3 Å². The summed E-state index contributed by atoms with van der Waals surface area (Å²) in [4.78, 5) is 34.5. The maximum atomic E-state index is 12.4. The summed E-state index contributed by atoms with van der Waals surface area (Å²) < 4.78 is 16.5. The van der Waals surface area contributed by atoms with Gasteiger partial charge >= 0.3 is 6.16 Å². The molecule has 1 aromatic rings. The summed E-state index contributed by atoms with van der Waals surface area (Å²) in [5.74, 6) is 0.521. The molecule has 9 nitrogen and oxygen atoms in total. The third-order valence-electron chi connectivity index (χ3n) is 8.45. The van der Waals surface area contributed by atoms with Crippen molar-refractivity contribution >= 4 is 17.7 Å². The quantitative estimate of drug-likeness (QED) is 0.0767. The van der Waals surface area contributed by atoms with Crippen molar-refractivity contribution in [3.05, 3.63) is 70.3 Å². The fourth-order valence-electron chi connectivity index (χ4n) is 6.20. The first-order valence-electron chi connectivity index (χ1n) is 15.0. The van der Waals surface area contributed by atoms with E-state index in [1.54, 1.807) is 6.92 Å². The van der Waals surface area contributed by atoms with Gasteiger partial charge in [-0.1, -0.05) is 23.8 Å². The predicted molar refractivity (Wildman–Crippen MR) is 160 cm³/mol. The van der Waals surface area contributed by atoms with E-state index in [4.69, 9.17) is 14.2 Å². The van der Waals surface area contributed by atoms with Gasteiger partial charge in [-0.25, -0.2) is 4.79 Å². The van der Waals surface area contributed by atoms with Gasteiger partial charge in [-0.3, -0.25) is 14.9 Å². The average molecular weight is 581 g/mol. The summed E-state index contributed by atoms with van der Waals surface area (Å²) in [5, 5.41) is 13.8. The number of rotatable bonds is 10. The van der Waals surface area contributed by atoms with Crippen LogP contribution in [0.5, 0.6) is 5.75 Å². The molecule has 2 atom stereocenters. The van der Waals surface area contributed by atoms with Gasteiger partial charge in [0.15, 0.2) is 0 Å². The second kappa shape index (κ2) is 13.7. The average Bonchev–Trinajstić information content (AvgIpc) is 3.66. The Hall–Kier alpha value is -3.46. The Morgan fingerprint density at radius 2 is 1.83 bits per heavy atom. The number of allylic oxidation sites excluding steroid dienone is 3. The standard InChI is InChI=1S/C33H44N2O7/c1-23(6-15-29-21-33(19-20-33)22-32(3,4)42-29)5-8-25-9-11-26(12-10-25)34-30(36)18-7-24(2)40-31(37)41-28-16-13-27(14-17-28)35(38)39/h5-7,13-18,24-26,29H,8-12,19-22H2,1-4H3,(H,34,36)/b15-6+,18-7-,23-5+/t24-,25-,26+,29+/m0/s1. The zero-order valence-corrected chi connectivity index (χ0v) is 25.2. The number of non-ortho nitro benzene ring substituents is 1. The fourth-order valence-corrected chi connectivity index (χ4v) is 6.20. The molecule has 3 fully saturated rings. The molecule has 2 aliphatic carbocycles. The molecule has 3 aliphatic rings. The molecule has 4 rings (SSSR count). The molecule has 1 amide bonds. The molecule has 0 aromatic heterocycles. The number of nitro benzene ring substituents is 1. The number of hydrogen-bond acceptors (Lipinski definition) is 7. The number of nitro groups is 1. The Bertz CT molecular complexity index is 1200. The van der Waals surface area contributed by atoms with Crippen molar-refractivity contribution in [3.8, 4) is 5.75 Å². The molecule has 1 N–H and O–H groups in total. The lowest BCUT2D eigenvalue weighted by Crippen LogP contribution is -2.39. The smallest absolute Gasteiger partial charge is 0.427 e. The zero-order chi connectivity index (χ0) is 30.3. The molecule has 1 spiro atoms. The predicted octanol–water partition coefficient (Wildman–Crippen LogP) is 7.36. The SMILES string of the molecule is CC(/C=C/[C@@H]1CC2(CC2)CC(C)(C)O1)=C\C[C@H]1CC[C@@H](NC(=O)/C=C\[C@H](C)OC(=O)Oc2ccc([N+](=O)[O-])cc2)CC1. The number of ether oxygens (including phenoxy) is 3. The minimum atomic E-state index is -0.961. The highest BCUT2D eigenvalue weighted by atomic mass is 16.7. The van der Waals surface area contributed by atoms with Crippen molar-refractivity contribution in [2.75, 3.05) is 0 Å². The normalized spacial score (nSPS) is 25.7. The Kier molecular flexibility index (Phi) is 10.2. The van der Waals surface area contributed by atoms with Crippen LogP contribution in [0.3, 0.4) is 0 Å². The zero-order valence-electron chi connectivity index (χ0n) is 25.2. The number of nitrogens with zero attached hydrogens (tertiary/aromatic N) is 1. The van der Waals surface area contributed by atoms with Crippen molar-refractivity contribution in [3.63, 3.8) is 0 Å². The number of carbonyl (C=O) groups is 2. The number of hydrogen-bond donors (Lipinski definition) is 1. The minimum absolute atomic E-state index is 0.0377. The number of benzene rings is 1. The monoisotopic (exact) mass is 580 g/mol. The fraction of sp³-hybridized carbons (Fsp3) is 0.576. The minimum Gasteiger partial charge on any atom is -0.427 e. The Morgan fingerprint density at radius 1 is 1.14 bits per heavy atom. The molecule has 42 heavy (non-hydrogen) atoms. The van der Waals surface area contributed by atoms with Gasteiger partial charge in [0.05, 0.1) is 16.6 Å². The first-order chi connectivity index (χ1) is 19.9. The van der Waals surface area contributed by atoms with E-state index in [0.717, 1.165) is 38.5 Å². The van der Waals surface area contributed by atoms with Crippen LogP contribution in [-0.2, 0) is 14.3 Å². The van der Waals surface area contributed by atoms with Crippen LogP contribution in [0, 0.1) is 21.4 Å². The van der Waals surface area contributed by atoms with Gasteiger partial charge in [-0.05, 0) is 115 Å². The summed E-state index contributed by atoms with van der Waals surface area (Å²) in [6.07, 6.45) is 18.3. The van der Waals surface area contributed by atoms with Gasteiger partial charge in [0.25, 0.3) is 5.69 Å². The molecule has 0 bridgehead atoms. The Morgan fingerprint density at radius 3 is 2.48 bits per heavy atom. The van der Waals surface area contributed by atoms with Gasteiger partial charge in [0.2, 0.25) is 5.91 Å². The molecular formula is C33H44N2O7. The van der Waals surface area contributed by atoms with E-state index in [-0.39, 0.29) is 35.1 Å². The lowest BCUT2D eigenvalue weighted by Gasteiger charge is -2.40. The Labute approximate surface area is 248 Å². The van der Waals surface area contributed by atoms with Gasteiger partial charge in [0.1, 0.15) is 11.9 Å². The molecule has 228 valence electrons. The van der Waals surface area contributed by atoms with Crippen molar-refractivity contribution in [1.82, 2.24) is 5.32 Å². The molecule has 0 radical (unpaired) electrons. The topological polar surface area (TPSA) is 117 Å². The van der Waals surface area contributed by atoms with E-state index < -0.39 is 17.2 Å². The summed E-state index contributed by atoms with van der Waals surface area (Å²) in [6, 6.07) is 5.22. The number of nitrogens with one attached hydrogen (secondary N) is 1. The second-order valence-electron chi connectivity index (χ2n) is 12.9. The summed E-state index contributed by atoms with van der Waals surface area (Å²) in [5.41, 5.74) is 1.66. The molecule has 1 saturated heterocycles. The highest BCUT2D eigenvalue weighted by Crippen LogP contribution is 2.58. The summed E-state index contributed by atoms with van der Waals surface area (Å²) in [7, 11) is 0. The Balaban J connectivity index is 1.12. The van der Waals surface area contributed by atoms with Crippen LogP contribution in [0.1, 0.15) is 85.5 Å². The first kappa shape index (κ1) is 31.5. The van der Waals surface area contributed by atoms with Crippen LogP contribution >= 0.6 is 0 Å². The molecule has 2 saturated carbocycles. The highest BCUT2D eigenvalue weighted by molar-refractivity contribution is 5.87. The van der Waals surface area contributed by atoms with Crippen LogP contribution in [0.25, 0.3) is 0 Å². The van der Waals surface area contributed by atoms with Gasteiger partial charge in [-0.2, -0.15) is 0 Å². The van der Waals surface area contributed by atoms with E-state index in [1.165, 1.54) is 61.3 Å². The third-order valence-corrected chi connectivity index (χ3v) is 8.45. The molecule has 1 aromatic carbocycles. The first-order valence-corrected chi connectivity index (χ1v) is 15.0. The van der Waals surface area contributed by atoms with Crippen molar-refractivity contribution in [2.24, 2.45) is 11.3 Å². The van der Waals surface area contributed by atoms with Crippen LogP contribution in [-0.4, -0.2) is 40.8 Å². The van der Waals surface area contributed by atoms with E-state index in [9.17, 15) is 19.7 Å². The third kappa shape index (κ3) is 9.82. The van der Waals surface area contributed by atoms with Crippen LogP contribution in [0.2, 0.25) is 0 Å². The largest absolute Gasteiger partial charge is 0.514 e. The maximum Gasteiger partial charge on any atom is 0.514 e.